The molecule has 0 spiro atoms. The van der Waals surface area contributed by atoms with Gasteiger partial charge in [0.05, 0.1) is 15.5 Å². The fraction of sp³-hybridized carbons (Fsp3) is 0.364. The molecule has 0 saturated carbocycles. The minimum atomic E-state index is -3.54. The molecule has 2 amide bonds. The highest BCUT2D eigenvalue weighted by atomic mass is 35.5. The van der Waals surface area contributed by atoms with Crippen molar-refractivity contribution in [2.75, 3.05) is 26.2 Å². The molecule has 9 heteroatoms. The van der Waals surface area contributed by atoms with Crippen molar-refractivity contribution in [3.05, 3.63) is 64.7 Å². The number of nitrogens with one attached hydrogen (secondary N) is 2. The third-order valence-corrected chi connectivity index (χ3v) is 7.38. The van der Waals surface area contributed by atoms with Crippen molar-refractivity contribution < 1.29 is 18.0 Å². The third kappa shape index (κ3) is 6.06. The van der Waals surface area contributed by atoms with E-state index in [0.29, 0.717) is 29.2 Å². The largest absolute Gasteiger partial charge is 0.350 e. The Morgan fingerprint density at radius 1 is 0.839 bits per heavy atom. The Bertz CT molecular complexity index is 1020. The molecule has 0 radical (unpaired) electrons. The van der Waals surface area contributed by atoms with Gasteiger partial charge in [0.15, 0.2) is 0 Å². The molecule has 1 saturated heterocycles. The summed E-state index contributed by atoms with van der Waals surface area (Å²) in [4.78, 5) is 24.6. The van der Waals surface area contributed by atoms with Crippen molar-refractivity contribution in [1.29, 1.82) is 0 Å². The number of rotatable bonds is 7. The normalized spacial score (nSPS) is 15.1. The van der Waals surface area contributed by atoms with Crippen molar-refractivity contribution in [2.45, 2.75) is 30.6 Å². The number of hydrogen-bond donors (Lipinski definition) is 2. The van der Waals surface area contributed by atoms with E-state index >= 15 is 0 Å². The Morgan fingerprint density at radius 2 is 1.42 bits per heavy atom. The van der Waals surface area contributed by atoms with Crippen molar-refractivity contribution in [3.63, 3.8) is 0 Å². The minimum absolute atomic E-state index is 0.193. The number of benzene rings is 2. The van der Waals surface area contributed by atoms with Crippen LogP contribution in [-0.4, -0.2) is 50.7 Å². The van der Waals surface area contributed by atoms with Gasteiger partial charge in [0, 0.05) is 31.7 Å². The molecule has 31 heavy (non-hydrogen) atoms. The zero-order valence-electron chi connectivity index (χ0n) is 17.1. The summed E-state index contributed by atoms with van der Waals surface area (Å²) < 4.78 is 27.1. The maximum atomic E-state index is 12.8. The number of carbonyl (C=O) groups excluding carboxylic acids is 2. The molecule has 166 valence electrons. The van der Waals surface area contributed by atoms with Crippen LogP contribution in [0.5, 0.6) is 0 Å². The van der Waals surface area contributed by atoms with Crippen molar-refractivity contribution in [2.24, 2.45) is 0 Å². The smallest absolute Gasteiger partial charge is 0.252 e. The number of hydrogen-bond acceptors (Lipinski definition) is 4. The van der Waals surface area contributed by atoms with Crippen molar-refractivity contribution in [1.82, 2.24) is 14.9 Å². The molecule has 3 rings (SSSR count). The number of nitrogens with zero attached hydrogens (tertiary/aromatic N) is 1. The summed E-state index contributed by atoms with van der Waals surface area (Å²) in [6.45, 7) is 1.52. The molecule has 0 aromatic heterocycles. The zero-order chi connectivity index (χ0) is 22.3. The molecular weight excluding hydrogens is 438 g/mol. The first-order chi connectivity index (χ1) is 14.9. The SMILES string of the molecule is O=C(NCCNC(=O)c1ccccc1Cl)c1ccc(S(=O)(=O)N2CCCCCC2)cc1. The predicted octanol–water partition coefficient (Wildman–Crippen LogP) is 3.06. The second-order valence-electron chi connectivity index (χ2n) is 7.33. The summed E-state index contributed by atoms with van der Waals surface area (Å²) in [5.41, 5.74) is 0.726. The van der Waals surface area contributed by atoms with E-state index in [1.165, 1.54) is 28.6 Å². The van der Waals surface area contributed by atoms with Crippen LogP contribution in [0, 0.1) is 0 Å². The number of sulfonamides is 1. The maximum absolute atomic E-state index is 12.8. The molecule has 2 aromatic carbocycles. The third-order valence-electron chi connectivity index (χ3n) is 5.13. The Hall–Kier alpha value is -2.42. The van der Waals surface area contributed by atoms with Gasteiger partial charge >= 0.3 is 0 Å². The van der Waals surface area contributed by atoms with Crippen LogP contribution >= 0.6 is 11.6 Å². The van der Waals surface area contributed by atoms with Crippen LogP contribution in [0.15, 0.2) is 53.4 Å². The van der Waals surface area contributed by atoms with Crippen LogP contribution < -0.4 is 10.6 Å². The Labute approximate surface area is 187 Å². The van der Waals surface area contributed by atoms with Crippen LogP contribution in [0.1, 0.15) is 46.4 Å². The van der Waals surface area contributed by atoms with Crippen LogP contribution in [0.2, 0.25) is 5.02 Å². The van der Waals surface area contributed by atoms with Crippen molar-refractivity contribution in [3.8, 4) is 0 Å². The lowest BCUT2D eigenvalue weighted by Crippen LogP contribution is -2.35. The van der Waals surface area contributed by atoms with E-state index in [1.54, 1.807) is 24.3 Å². The highest BCUT2D eigenvalue weighted by Gasteiger charge is 2.25. The van der Waals surface area contributed by atoms with Crippen LogP contribution in [0.25, 0.3) is 0 Å². The molecule has 0 atom stereocenters. The van der Waals surface area contributed by atoms with Gasteiger partial charge in [-0.2, -0.15) is 4.31 Å². The minimum Gasteiger partial charge on any atom is -0.350 e. The Kier molecular flexibility index (Phi) is 8.06. The molecule has 2 aromatic rings. The van der Waals surface area contributed by atoms with Gasteiger partial charge in [-0.3, -0.25) is 9.59 Å². The fourth-order valence-electron chi connectivity index (χ4n) is 3.40. The molecule has 2 N–H and O–H groups in total. The lowest BCUT2D eigenvalue weighted by Gasteiger charge is -2.20. The number of amides is 2. The second kappa shape index (κ2) is 10.7. The summed E-state index contributed by atoms with van der Waals surface area (Å²) in [5, 5.41) is 5.76. The number of halogens is 1. The fourth-order valence-corrected chi connectivity index (χ4v) is 5.14. The van der Waals surface area contributed by atoms with Gasteiger partial charge in [-0.05, 0) is 49.2 Å². The van der Waals surface area contributed by atoms with Gasteiger partial charge in [-0.25, -0.2) is 8.42 Å². The molecule has 1 fully saturated rings. The second-order valence-corrected chi connectivity index (χ2v) is 9.68. The van der Waals surface area contributed by atoms with Crippen molar-refractivity contribution >= 4 is 33.4 Å². The molecule has 1 heterocycles. The highest BCUT2D eigenvalue weighted by Crippen LogP contribution is 2.20. The topological polar surface area (TPSA) is 95.6 Å². The van der Waals surface area contributed by atoms with E-state index < -0.39 is 10.0 Å². The van der Waals surface area contributed by atoms with Crippen LogP contribution in [0.4, 0.5) is 0 Å². The Morgan fingerprint density at radius 3 is 2.03 bits per heavy atom. The molecular formula is C22H26ClN3O4S. The van der Waals surface area contributed by atoms with Gasteiger partial charge < -0.3 is 10.6 Å². The Balaban J connectivity index is 1.51. The molecule has 7 nitrogen and oxygen atoms in total. The summed E-state index contributed by atoms with van der Waals surface area (Å²) in [5.74, 6) is -0.659. The van der Waals surface area contributed by atoms with E-state index in [2.05, 4.69) is 10.6 Å². The standard InChI is InChI=1S/C22H26ClN3O4S/c23-20-8-4-3-7-19(20)22(28)25-14-13-24-21(27)17-9-11-18(12-10-17)31(29,30)26-15-5-1-2-6-16-26/h3-4,7-12H,1-2,5-6,13-16H2,(H,24,27)(H,25,28). The average molecular weight is 464 g/mol. The van der Waals surface area contributed by atoms with E-state index in [-0.39, 0.29) is 29.8 Å². The summed E-state index contributed by atoms with van der Waals surface area (Å²) in [7, 11) is -3.54. The van der Waals surface area contributed by atoms with Gasteiger partial charge in [-0.1, -0.05) is 36.6 Å². The monoisotopic (exact) mass is 463 g/mol. The quantitative estimate of drug-likeness (QED) is 0.617. The average Bonchev–Trinajstić information content (AvgIpc) is 3.07. The van der Waals surface area contributed by atoms with Gasteiger partial charge in [0.2, 0.25) is 10.0 Å². The zero-order valence-corrected chi connectivity index (χ0v) is 18.7. The molecule has 1 aliphatic heterocycles. The first kappa shape index (κ1) is 23.2. The van der Waals surface area contributed by atoms with Crippen LogP contribution in [-0.2, 0) is 10.0 Å². The summed E-state index contributed by atoms with van der Waals surface area (Å²) >= 11 is 5.99. The van der Waals surface area contributed by atoms with E-state index in [9.17, 15) is 18.0 Å². The molecule has 1 aliphatic rings. The van der Waals surface area contributed by atoms with E-state index in [4.69, 9.17) is 11.6 Å². The summed E-state index contributed by atoms with van der Waals surface area (Å²) in [6, 6.07) is 12.7. The molecule has 0 aliphatic carbocycles. The molecule has 0 unspecified atom stereocenters. The van der Waals surface area contributed by atoms with E-state index in [1.807, 2.05) is 0 Å². The van der Waals surface area contributed by atoms with E-state index in [0.717, 1.165) is 25.7 Å². The first-order valence-corrected chi connectivity index (χ1v) is 12.1. The number of carbonyl (C=O) groups is 2. The van der Waals surface area contributed by atoms with Gasteiger partial charge in [-0.15, -0.1) is 0 Å². The maximum Gasteiger partial charge on any atom is 0.252 e. The predicted molar refractivity (Wildman–Crippen MR) is 120 cm³/mol. The first-order valence-electron chi connectivity index (χ1n) is 10.3. The highest BCUT2D eigenvalue weighted by molar-refractivity contribution is 7.89. The molecule has 0 bridgehead atoms. The summed E-state index contributed by atoms with van der Waals surface area (Å²) in [6.07, 6.45) is 3.83. The van der Waals surface area contributed by atoms with Gasteiger partial charge in [0.1, 0.15) is 0 Å². The lowest BCUT2D eigenvalue weighted by atomic mass is 10.2. The van der Waals surface area contributed by atoms with Crippen LogP contribution in [0.3, 0.4) is 0 Å². The lowest BCUT2D eigenvalue weighted by molar-refractivity contribution is 0.0927. The van der Waals surface area contributed by atoms with Gasteiger partial charge in [0.25, 0.3) is 11.8 Å².